The summed E-state index contributed by atoms with van der Waals surface area (Å²) in [5.41, 5.74) is 1.15. The number of nitrogens with one attached hydrogen (secondary N) is 1. The average Bonchev–Trinajstić information content (AvgIpc) is 3.00. The van der Waals surface area contributed by atoms with Crippen LogP contribution in [0.15, 0.2) is 40.0 Å². The molecule has 0 fully saturated rings. The molecule has 3 heterocycles. The zero-order valence-corrected chi connectivity index (χ0v) is 13.2. The van der Waals surface area contributed by atoms with Crippen LogP contribution in [-0.2, 0) is 6.54 Å². The van der Waals surface area contributed by atoms with E-state index < -0.39 is 0 Å². The second-order valence-corrected chi connectivity index (χ2v) is 6.35. The molecule has 7 heteroatoms. The number of thiazole rings is 1. The largest absolute Gasteiger partial charge is 0.311 e. The fourth-order valence-corrected chi connectivity index (χ4v) is 3.75. The summed E-state index contributed by atoms with van der Waals surface area (Å²) in [6.45, 7) is 3.79. The zero-order chi connectivity index (χ0) is 13.9. The fraction of sp³-hybridized carbons (Fsp3) is 0.231. The van der Waals surface area contributed by atoms with Crippen LogP contribution in [0.3, 0.4) is 0 Å². The molecule has 0 aliphatic heterocycles. The van der Waals surface area contributed by atoms with Gasteiger partial charge in [-0.25, -0.2) is 9.97 Å². The topological polar surface area (TPSA) is 42.2 Å². The highest BCUT2D eigenvalue weighted by Crippen LogP contribution is 2.34. The highest BCUT2D eigenvalue weighted by Gasteiger charge is 2.15. The monoisotopic (exact) mass is 324 g/mol. The lowest BCUT2D eigenvalue weighted by Gasteiger charge is -2.05. The van der Waals surface area contributed by atoms with Crippen molar-refractivity contribution in [2.75, 3.05) is 6.54 Å². The van der Waals surface area contributed by atoms with Crippen molar-refractivity contribution in [3.05, 3.63) is 40.6 Å². The number of imidazole rings is 1. The summed E-state index contributed by atoms with van der Waals surface area (Å²) in [5.74, 6) is 0. The Labute approximate surface area is 130 Å². The third kappa shape index (κ3) is 2.69. The lowest BCUT2D eigenvalue weighted by Crippen LogP contribution is -2.13. The van der Waals surface area contributed by atoms with Crippen LogP contribution in [0, 0.1) is 0 Å². The molecule has 3 aromatic rings. The Hall–Kier alpha value is -1.08. The lowest BCUT2D eigenvalue weighted by molar-refractivity contribution is 0.694. The second-order valence-electron chi connectivity index (χ2n) is 4.09. The second kappa shape index (κ2) is 6.13. The van der Waals surface area contributed by atoms with Gasteiger partial charge in [-0.1, -0.05) is 18.5 Å². The summed E-state index contributed by atoms with van der Waals surface area (Å²) < 4.78 is 2.12. The Kier molecular flexibility index (Phi) is 4.26. The van der Waals surface area contributed by atoms with Crippen molar-refractivity contribution >= 4 is 39.7 Å². The maximum Gasteiger partial charge on any atom is 0.194 e. The van der Waals surface area contributed by atoms with Crippen molar-refractivity contribution in [1.82, 2.24) is 19.7 Å². The Bertz CT molecular complexity index is 722. The molecule has 0 bridgehead atoms. The van der Waals surface area contributed by atoms with E-state index in [2.05, 4.69) is 26.6 Å². The zero-order valence-electron chi connectivity index (χ0n) is 10.8. The molecule has 0 saturated heterocycles. The highest BCUT2D eigenvalue weighted by molar-refractivity contribution is 7.99. The molecule has 0 amide bonds. The molecule has 0 aliphatic rings. The average molecular weight is 325 g/mol. The predicted molar refractivity (Wildman–Crippen MR) is 83.8 cm³/mol. The van der Waals surface area contributed by atoms with E-state index in [1.54, 1.807) is 17.5 Å². The van der Waals surface area contributed by atoms with Crippen LogP contribution in [-0.4, -0.2) is 20.9 Å². The molecule has 0 saturated carbocycles. The molecular weight excluding hydrogens is 312 g/mol. The highest BCUT2D eigenvalue weighted by atomic mass is 35.5. The first-order chi connectivity index (χ1) is 9.79. The van der Waals surface area contributed by atoms with Gasteiger partial charge in [0.25, 0.3) is 0 Å². The van der Waals surface area contributed by atoms with Crippen molar-refractivity contribution in [3.63, 3.8) is 0 Å². The third-order valence-electron chi connectivity index (χ3n) is 2.78. The summed E-state index contributed by atoms with van der Waals surface area (Å²) in [6, 6.07) is 3.68. The first-order valence-corrected chi connectivity index (χ1v) is 8.30. The van der Waals surface area contributed by atoms with Gasteiger partial charge in [0.15, 0.2) is 4.96 Å². The van der Waals surface area contributed by atoms with Gasteiger partial charge in [0.1, 0.15) is 10.1 Å². The van der Waals surface area contributed by atoms with Gasteiger partial charge >= 0.3 is 0 Å². The summed E-state index contributed by atoms with van der Waals surface area (Å²) in [6.07, 6.45) is 3.79. The van der Waals surface area contributed by atoms with E-state index in [9.17, 15) is 0 Å². The molecule has 20 heavy (non-hydrogen) atoms. The van der Waals surface area contributed by atoms with Gasteiger partial charge in [-0.2, -0.15) is 0 Å². The molecule has 3 rings (SSSR count). The molecule has 0 spiro atoms. The SMILES string of the molecule is CCNCc1c(Sc2ncccc2Cl)nc2sccn12. The Balaban J connectivity index is 1.97. The molecule has 104 valence electrons. The number of halogens is 1. The van der Waals surface area contributed by atoms with Crippen molar-refractivity contribution in [2.45, 2.75) is 23.5 Å². The van der Waals surface area contributed by atoms with Gasteiger partial charge in [-0.05, 0) is 30.4 Å². The van der Waals surface area contributed by atoms with Crippen LogP contribution in [0.25, 0.3) is 4.96 Å². The van der Waals surface area contributed by atoms with Gasteiger partial charge < -0.3 is 5.32 Å². The Morgan fingerprint density at radius 2 is 2.35 bits per heavy atom. The van der Waals surface area contributed by atoms with Crippen LogP contribution in [0.5, 0.6) is 0 Å². The number of hydrogen-bond acceptors (Lipinski definition) is 5. The van der Waals surface area contributed by atoms with Crippen LogP contribution in [0.4, 0.5) is 0 Å². The number of nitrogens with zero attached hydrogens (tertiary/aromatic N) is 3. The summed E-state index contributed by atoms with van der Waals surface area (Å²) >= 11 is 9.31. The van der Waals surface area contributed by atoms with Gasteiger partial charge in [0, 0.05) is 24.3 Å². The molecular formula is C13H13ClN4S2. The van der Waals surface area contributed by atoms with Gasteiger partial charge in [0.05, 0.1) is 10.7 Å². The maximum atomic E-state index is 6.17. The third-order valence-corrected chi connectivity index (χ3v) is 5.00. The van der Waals surface area contributed by atoms with Crippen LogP contribution in [0.1, 0.15) is 12.6 Å². The van der Waals surface area contributed by atoms with E-state index >= 15 is 0 Å². The molecule has 1 N–H and O–H groups in total. The van der Waals surface area contributed by atoms with E-state index in [4.69, 9.17) is 11.6 Å². The van der Waals surface area contributed by atoms with Gasteiger partial charge in [-0.15, -0.1) is 11.3 Å². The molecule has 0 aliphatic carbocycles. The standard InChI is InChI=1S/C13H13ClN4S2/c1-2-15-8-10-12(17-13-18(10)6-7-19-13)20-11-9(14)4-3-5-16-11/h3-7,15H,2,8H2,1H3. The Morgan fingerprint density at radius 3 is 3.15 bits per heavy atom. The van der Waals surface area contributed by atoms with Crippen LogP contribution < -0.4 is 5.32 Å². The van der Waals surface area contributed by atoms with E-state index in [1.807, 2.05) is 23.7 Å². The number of hydrogen-bond donors (Lipinski definition) is 1. The van der Waals surface area contributed by atoms with Crippen molar-refractivity contribution in [2.24, 2.45) is 0 Å². The minimum absolute atomic E-state index is 0.656. The van der Waals surface area contributed by atoms with Gasteiger partial charge in [-0.3, -0.25) is 4.40 Å². The minimum atomic E-state index is 0.656. The van der Waals surface area contributed by atoms with Gasteiger partial charge in [0.2, 0.25) is 0 Å². The number of fused-ring (bicyclic) bond motifs is 1. The lowest BCUT2D eigenvalue weighted by atomic mass is 10.4. The quantitative estimate of drug-likeness (QED) is 0.777. The molecule has 0 unspecified atom stereocenters. The van der Waals surface area contributed by atoms with Crippen LogP contribution in [0.2, 0.25) is 5.02 Å². The normalized spacial score (nSPS) is 11.3. The molecule has 0 radical (unpaired) electrons. The maximum absolute atomic E-state index is 6.17. The van der Waals surface area contributed by atoms with E-state index in [0.29, 0.717) is 5.02 Å². The predicted octanol–water partition coefficient (Wildman–Crippen LogP) is 3.70. The van der Waals surface area contributed by atoms with E-state index in [-0.39, 0.29) is 0 Å². The first-order valence-electron chi connectivity index (χ1n) is 6.23. The number of aromatic nitrogens is 3. The summed E-state index contributed by atoms with van der Waals surface area (Å²) in [5, 5.41) is 7.79. The summed E-state index contributed by atoms with van der Waals surface area (Å²) in [4.78, 5) is 9.98. The fourth-order valence-electron chi connectivity index (χ4n) is 1.84. The Morgan fingerprint density at radius 1 is 1.45 bits per heavy atom. The summed E-state index contributed by atoms with van der Waals surface area (Å²) in [7, 11) is 0. The minimum Gasteiger partial charge on any atom is -0.311 e. The van der Waals surface area contributed by atoms with E-state index in [0.717, 1.165) is 33.8 Å². The number of pyridine rings is 1. The molecule has 0 atom stereocenters. The van der Waals surface area contributed by atoms with Crippen molar-refractivity contribution in [3.8, 4) is 0 Å². The van der Waals surface area contributed by atoms with Crippen LogP contribution >= 0.6 is 34.7 Å². The van der Waals surface area contributed by atoms with E-state index in [1.165, 1.54) is 11.8 Å². The molecule has 4 nitrogen and oxygen atoms in total. The van der Waals surface area contributed by atoms with Crippen molar-refractivity contribution < 1.29 is 0 Å². The first kappa shape index (κ1) is 13.9. The smallest absolute Gasteiger partial charge is 0.194 e. The van der Waals surface area contributed by atoms with Crippen molar-refractivity contribution in [1.29, 1.82) is 0 Å². The number of rotatable bonds is 5. The molecule has 0 aromatic carbocycles. The molecule has 3 aromatic heterocycles.